The van der Waals surface area contributed by atoms with Crippen LogP contribution < -0.4 is 0 Å². The lowest BCUT2D eigenvalue weighted by Gasteiger charge is -2.32. The Hall–Kier alpha value is -0.306. The highest BCUT2D eigenvalue weighted by atomic mass is 28.4. The average molecular weight is 342 g/mol. The van der Waals surface area contributed by atoms with Gasteiger partial charge in [-0.2, -0.15) is 13.2 Å². The topological polar surface area (TPSA) is 21.6 Å². The molecule has 7 heteroatoms. The Morgan fingerprint density at radius 1 is 0.810 bits per heavy atom. The summed E-state index contributed by atoms with van der Waals surface area (Å²) in [6.45, 7) is 11.6. The third-order valence-corrected chi connectivity index (χ3v) is 13.9. The van der Waals surface area contributed by atoms with Gasteiger partial charge in [0.15, 0.2) is 8.24 Å². The SMILES string of the molecule is CC[Si](CC)(CC)/N=C(\O[Si](CC)(CC)CC)C(F)(F)F. The van der Waals surface area contributed by atoms with Crippen molar-refractivity contribution in [3.63, 3.8) is 0 Å². The lowest BCUT2D eigenvalue weighted by molar-refractivity contribution is -0.0715. The van der Waals surface area contributed by atoms with Crippen molar-refractivity contribution in [2.75, 3.05) is 0 Å². The maximum absolute atomic E-state index is 13.4. The van der Waals surface area contributed by atoms with Gasteiger partial charge in [0.05, 0.1) is 0 Å². The van der Waals surface area contributed by atoms with Gasteiger partial charge >= 0.3 is 6.18 Å². The van der Waals surface area contributed by atoms with Crippen LogP contribution in [0.15, 0.2) is 4.66 Å². The molecule has 0 aromatic heterocycles. The molecular weight excluding hydrogens is 311 g/mol. The Morgan fingerprint density at radius 3 is 1.43 bits per heavy atom. The lowest BCUT2D eigenvalue weighted by atomic mass is 10.7. The van der Waals surface area contributed by atoms with Gasteiger partial charge in [-0.05, 0) is 36.3 Å². The molecular formula is C14H30F3NOSi2. The van der Waals surface area contributed by atoms with Gasteiger partial charge in [0.25, 0.3) is 14.2 Å². The smallest absolute Gasteiger partial charge is 0.465 e. The molecule has 0 aromatic carbocycles. The zero-order valence-electron chi connectivity index (χ0n) is 14.2. The largest absolute Gasteiger partial charge is 0.528 e. The van der Waals surface area contributed by atoms with Crippen LogP contribution in [0.2, 0.25) is 36.3 Å². The Balaban J connectivity index is 5.71. The van der Waals surface area contributed by atoms with Crippen LogP contribution in [-0.4, -0.2) is 28.6 Å². The van der Waals surface area contributed by atoms with E-state index in [-0.39, 0.29) is 0 Å². The van der Waals surface area contributed by atoms with E-state index in [1.807, 2.05) is 41.5 Å². The monoisotopic (exact) mass is 341 g/mol. The molecule has 21 heavy (non-hydrogen) atoms. The third-order valence-electron chi connectivity index (χ3n) is 4.80. The molecule has 0 amide bonds. The first-order chi connectivity index (χ1) is 9.68. The third kappa shape index (κ3) is 5.43. The van der Waals surface area contributed by atoms with Crippen molar-refractivity contribution in [3.05, 3.63) is 0 Å². The van der Waals surface area contributed by atoms with Crippen LogP contribution >= 0.6 is 0 Å². The predicted molar refractivity (Wildman–Crippen MR) is 89.0 cm³/mol. The highest BCUT2D eigenvalue weighted by Gasteiger charge is 2.45. The van der Waals surface area contributed by atoms with E-state index < -0.39 is 28.6 Å². The van der Waals surface area contributed by atoms with E-state index >= 15 is 0 Å². The molecule has 0 fully saturated rings. The molecule has 0 bridgehead atoms. The first kappa shape index (κ1) is 20.7. The molecule has 0 saturated heterocycles. The van der Waals surface area contributed by atoms with Crippen molar-refractivity contribution in [1.29, 1.82) is 0 Å². The summed E-state index contributed by atoms with van der Waals surface area (Å²) in [6, 6.07) is 4.24. The number of alkyl halides is 3. The molecule has 2 nitrogen and oxygen atoms in total. The Bertz CT molecular complexity index is 321. The molecule has 0 aromatic rings. The maximum atomic E-state index is 13.4. The summed E-state index contributed by atoms with van der Waals surface area (Å²) in [4.78, 5) is 0. The van der Waals surface area contributed by atoms with Crippen molar-refractivity contribution in [3.8, 4) is 0 Å². The van der Waals surface area contributed by atoms with E-state index in [2.05, 4.69) is 4.66 Å². The molecule has 0 spiro atoms. The van der Waals surface area contributed by atoms with Gasteiger partial charge in [0, 0.05) is 0 Å². The second kappa shape index (κ2) is 8.36. The van der Waals surface area contributed by atoms with Gasteiger partial charge < -0.3 is 4.43 Å². The summed E-state index contributed by atoms with van der Waals surface area (Å²) in [6.07, 6.45) is -4.48. The molecule has 0 aliphatic rings. The van der Waals surface area contributed by atoms with E-state index in [9.17, 15) is 13.2 Å². The zero-order chi connectivity index (χ0) is 16.7. The van der Waals surface area contributed by atoms with Crippen LogP contribution in [0, 0.1) is 0 Å². The predicted octanol–water partition coefficient (Wildman–Crippen LogP) is 5.97. The van der Waals surface area contributed by atoms with Crippen LogP contribution in [0.3, 0.4) is 0 Å². The summed E-state index contributed by atoms with van der Waals surface area (Å²) >= 11 is 0. The molecule has 0 aliphatic heterocycles. The van der Waals surface area contributed by atoms with Crippen LogP contribution in [0.5, 0.6) is 0 Å². The highest BCUT2D eigenvalue weighted by Crippen LogP contribution is 2.31. The summed E-state index contributed by atoms with van der Waals surface area (Å²) in [5.41, 5.74) is 0. The molecule has 0 unspecified atom stereocenters. The first-order valence-corrected chi connectivity index (χ1v) is 13.1. The van der Waals surface area contributed by atoms with Gasteiger partial charge in [-0.25, -0.2) is 0 Å². The van der Waals surface area contributed by atoms with Gasteiger partial charge in [-0.1, -0.05) is 41.5 Å². The number of hydrogen-bond donors (Lipinski definition) is 0. The van der Waals surface area contributed by atoms with Crippen LogP contribution in [0.4, 0.5) is 13.2 Å². The quantitative estimate of drug-likeness (QED) is 0.302. The second-order valence-corrected chi connectivity index (χ2v) is 15.0. The van der Waals surface area contributed by atoms with Gasteiger partial charge in [0.2, 0.25) is 0 Å². The number of halogens is 3. The normalized spacial score (nSPS) is 14.4. The molecule has 0 heterocycles. The van der Waals surface area contributed by atoms with E-state index in [1.165, 1.54) is 0 Å². The number of hydrogen-bond acceptors (Lipinski definition) is 2. The molecule has 0 N–H and O–H groups in total. The van der Waals surface area contributed by atoms with Crippen LogP contribution in [0.25, 0.3) is 0 Å². The highest BCUT2D eigenvalue weighted by molar-refractivity contribution is 6.80. The van der Waals surface area contributed by atoms with Crippen molar-refractivity contribution >= 4 is 22.5 Å². The number of nitrogens with zero attached hydrogens (tertiary/aromatic N) is 1. The Labute approximate surface area is 129 Å². The van der Waals surface area contributed by atoms with Gasteiger partial charge in [-0.3, -0.25) is 4.66 Å². The minimum absolute atomic E-state index is 0.689. The van der Waals surface area contributed by atoms with Crippen LogP contribution in [0.1, 0.15) is 41.5 Å². The lowest BCUT2D eigenvalue weighted by Crippen LogP contribution is -2.45. The minimum atomic E-state index is -4.48. The molecule has 0 rings (SSSR count). The minimum Gasteiger partial charge on any atom is -0.528 e. The molecule has 0 aliphatic carbocycles. The van der Waals surface area contributed by atoms with E-state index in [4.69, 9.17) is 4.43 Å². The maximum Gasteiger partial charge on any atom is 0.465 e. The average Bonchev–Trinajstić information content (AvgIpc) is 2.48. The first-order valence-electron chi connectivity index (χ1n) is 8.04. The van der Waals surface area contributed by atoms with Crippen molar-refractivity contribution in [1.82, 2.24) is 0 Å². The fourth-order valence-electron chi connectivity index (χ4n) is 2.52. The van der Waals surface area contributed by atoms with Crippen molar-refractivity contribution in [2.45, 2.75) is 84.0 Å². The van der Waals surface area contributed by atoms with Gasteiger partial charge in [-0.15, -0.1) is 0 Å². The van der Waals surface area contributed by atoms with Gasteiger partial charge in [0.1, 0.15) is 0 Å². The van der Waals surface area contributed by atoms with Crippen molar-refractivity contribution in [2.24, 2.45) is 4.66 Å². The summed E-state index contributed by atoms with van der Waals surface area (Å²) in [5, 5.41) is 0. The Kier molecular flexibility index (Phi) is 8.24. The summed E-state index contributed by atoms with van der Waals surface area (Å²) in [5.74, 6) is -0.933. The Morgan fingerprint density at radius 2 is 1.19 bits per heavy atom. The standard InChI is InChI=1S/C14H30F3NOSi2/c1-7-20(8-2,9-3)18-13(14(15,16)17)19-21(10-4,11-5)12-6/h7-12H2,1-6H3/b18-13-. The van der Waals surface area contributed by atoms with Crippen LogP contribution in [-0.2, 0) is 4.43 Å². The molecule has 0 saturated carbocycles. The number of rotatable bonds is 8. The fourth-order valence-corrected chi connectivity index (χ4v) is 7.69. The summed E-state index contributed by atoms with van der Waals surface area (Å²) < 4.78 is 50.0. The molecule has 0 atom stereocenters. The molecule has 0 radical (unpaired) electrons. The van der Waals surface area contributed by atoms with E-state index in [0.717, 1.165) is 18.1 Å². The van der Waals surface area contributed by atoms with E-state index in [1.54, 1.807) is 0 Å². The fraction of sp³-hybridized carbons (Fsp3) is 0.929. The molecule has 126 valence electrons. The van der Waals surface area contributed by atoms with Crippen molar-refractivity contribution < 1.29 is 17.6 Å². The second-order valence-electron chi connectivity index (χ2n) is 5.55. The summed E-state index contributed by atoms with van der Waals surface area (Å²) in [7, 11) is -4.62. The zero-order valence-corrected chi connectivity index (χ0v) is 16.2. The van der Waals surface area contributed by atoms with E-state index in [0.29, 0.717) is 18.1 Å².